The Morgan fingerprint density at radius 1 is 1.17 bits per heavy atom. The molecule has 0 heterocycles. The van der Waals surface area contributed by atoms with Crippen molar-refractivity contribution < 1.29 is 18.0 Å². The molecule has 0 spiro atoms. The van der Waals surface area contributed by atoms with Gasteiger partial charge in [-0.2, -0.15) is 13.2 Å². The zero-order chi connectivity index (χ0) is 14.0. The van der Waals surface area contributed by atoms with E-state index in [9.17, 15) is 18.0 Å². The van der Waals surface area contributed by atoms with Crippen molar-refractivity contribution in [1.29, 1.82) is 0 Å². The molecule has 0 aliphatic rings. The molecule has 0 aromatic heterocycles. The molecule has 1 amide bonds. The van der Waals surface area contributed by atoms with Gasteiger partial charge in [-0.3, -0.25) is 4.79 Å². The monoisotopic (exact) mass is 259 g/mol. The van der Waals surface area contributed by atoms with Gasteiger partial charge in [0.15, 0.2) is 0 Å². The maximum Gasteiger partial charge on any atom is 0.416 e. The third-order valence-corrected chi connectivity index (χ3v) is 2.74. The second kappa shape index (κ2) is 5.00. The number of nitrogens with one attached hydrogen (secondary N) is 1. The fourth-order valence-corrected chi connectivity index (χ4v) is 1.76. The topological polar surface area (TPSA) is 29.1 Å². The number of benzene rings is 1. The van der Waals surface area contributed by atoms with E-state index >= 15 is 0 Å². The molecule has 1 aromatic carbocycles. The SMILES string of the molecule is CC(=O)NCC(C)(C)c1ccccc1C(F)(F)F. The Morgan fingerprint density at radius 3 is 2.11 bits per heavy atom. The van der Waals surface area contributed by atoms with E-state index in [-0.39, 0.29) is 18.0 Å². The molecule has 0 saturated heterocycles. The number of carbonyl (C=O) groups excluding carboxylic acids is 1. The number of rotatable bonds is 3. The van der Waals surface area contributed by atoms with Crippen LogP contribution in [0.4, 0.5) is 13.2 Å². The Labute approximate surface area is 104 Å². The predicted molar refractivity (Wildman–Crippen MR) is 63.2 cm³/mol. The van der Waals surface area contributed by atoms with Crippen LogP contribution in [-0.4, -0.2) is 12.5 Å². The third kappa shape index (κ3) is 3.48. The van der Waals surface area contributed by atoms with Crippen LogP contribution in [-0.2, 0) is 16.4 Å². The highest BCUT2D eigenvalue weighted by Gasteiger charge is 2.37. The first-order valence-corrected chi connectivity index (χ1v) is 5.56. The molecule has 0 radical (unpaired) electrons. The standard InChI is InChI=1S/C13H16F3NO/c1-9(18)17-8-12(2,3)10-6-4-5-7-11(10)13(14,15)16/h4-7H,8H2,1-3H3,(H,17,18). The Kier molecular flexibility index (Phi) is 4.04. The van der Waals surface area contributed by atoms with Gasteiger partial charge in [-0.1, -0.05) is 32.0 Å². The highest BCUT2D eigenvalue weighted by atomic mass is 19.4. The van der Waals surface area contributed by atoms with Crippen molar-refractivity contribution in [3.05, 3.63) is 35.4 Å². The Morgan fingerprint density at radius 2 is 1.67 bits per heavy atom. The molecule has 0 saturated carbocycles. The summed E-state index contributed by atoms with van der Waals surface area (Å²) >= 11 is 0. The molecule has 0 fully saturated rings. The molecule has 2 nitrogen and oxygen atoms in total. The summed E-state index contributed by atoms with van der Waals surface area (Å²) in [7, 11) is 0. The molecule has 1 rings (SSSR count). The van der Waals surface area contributed by atoms with Crippen molar-refractivity contribution in [1.82, 2.24) is 5.32 Å². The summed E-state index contributed by atoms with van der Waals surface area (Å²) in [5.74, 6) is -0.257. The number of carbonyl (C=O) groups is 1. The average molecular weight is 259 g/mol. The molecule has 0 aliphatic heterocycles. The lowest BCUT2D eigenvalue weighted by molar-refractivity contribution is -0.138. The summed E-state index contributed by atoms with van der Waals surface area (Å²) in [6, 6.07) is 5.44. The van der Waals surface area contributed by atoms with Gasteiger partial charge in [0.05, 0.1) is 5.56 Å². The van der Waals surface area contributed by atoms with Gasteiger partial charge in [-0.15, -0.1) is 0 Å². The van der Waals surface area contributed by atoms with E-state index in [0.29, 0.717) is 0 Å². The second-order valence-corrected chi connectivity index (χ2v) is 4.84. The van der Waals surface area contributed by atoms with Crippen molar-refractivity contribution in [3.8, 4) is 0 Å². The molecule has 18 heavy (non-hydrogen) atoms. The molecule has 0 unspecified atom stereocenters. The third-order valence-electron chi connectivity index (χ3n) is 2.74. The van der Waals surface area contributed by atoms with Gasteiger partial charge >= 0.3 is 6.18 Å². The summed E-state index contributed by atoms with van der Waals surface area (Å²) in [6.07, 6.45) is -4.38. The van der Waals surface area contributed by atoms with E-state index in [2.05, 4.69) is 5.32 Å². The van der Waals surface area contributed by atoms with Gasteiger partial charge in [0, 0.05) is 18.9 Å². The van der Waals surface area contributed by atoms with Crippen LogP contribution in [0, 0.1) is 0 Å². The minimum Gasteiger partial charge on any atom is -0.355 e. The molecule has 0 atom stereocenters. The quantitative estimate of drug-likeness (QED) is 0.887. The van der Waals surface area contributed by atoms with Crippen LogP contribution in [0.25, 0.3) is 0 Å². The van der Waals surface area contributed by atoms with E-state index in [4.69, 9.17) is 0 Å². The highest BCUT2D eigenvalue weighted by molar-refractivity contribution is 5.73. The zero-order valence-electron chi connectivity index (χ0n) is 10.6. The number of hydrogen-bond donors (Lipinski definition) is 1. The first-order chi connectivity index (χ1) is 8.14. The zero-order valence-corrected chi connectivity index (χ0v) is 10.6. The summed E-state index contributed by atoms with van der Waals surface area (Å²) < 4.78 is 38.7. The Bertz CT molecular complexity index is 438. The van der Waals surface area contributed by atoms with Crippen LogP contribution in [0.3, 0.4) is 0 Å². The lowest BCUT2D eigenvalue weighted by atomic mass is 9.81. The molecule has 5 heteroatoms. The van der Waals surface area contributed by atoms with Crippen molar-refractivity contribution in [2.24, 2.45) is 0 Å². The maximum absolute atomic E-state index is 12.9. The van der Waals surface area contributed by atoms with E-state index in [1.807, 2.05) is 0 Å². The van der Waals surface area contributed by atoms with Crippen LogP contribution in [0.2, 0.25) is 0 Å². The second-order valence-electron chi connectivity index (χ2n) is 4.84. The lowest BCUT2D eigenvalue weighted by Crippen LogP contribution is -2.36. The molecular weight excluding hydrogens is 243 g/mol. The number of halogens is 3. The minimum absolute atomic E-state index is 0.162. The van der Waals surface area contributed by atoms with E-state index < -0.39 is 17.2 Å². The largest absolute Gasteiger partial charge is 0.416 e. The maximum atomic E-state index is 12.9. The van der Waals surface area contributed by atoms with Crippen LogP contribution in [0.1, 0.15) is 31.9 Å². The van der Waals surface area contributed by atoms with Gasteiger partial charge < -0.3 is 5.32 Å². The van der Waals surface area contributed by atoms with Gasteiger partial charge in [0.25, 0.3) is 0 Å². The van der Waals surface area contributed by atoms with Crippen LogP contribution < -0.4 is 5.32 Å². The molecular formula is C13H16F3NO. The smallest absolute Gasteiger partial charge is 0.355 e. The van der Waals surface area contributed by atoms with Crippen molar-refractivity contribution in [2.45, 2.75) is 32.4 Å². The summed E-state index contributed by atoms with van der Waals surface area (Å²) in [6.45, 7) is 4.85. The van der Waals surface area contributed by atoms with Gasteiger partial charge in [-0.25, -0.2) is 0 Å². The summed E-state index contributed by atoms with van der Waals surface area (Å²) in [5.41, 5.74) is -1.25. The first kappa shape index (κ1) is 14.5. The van der Waals surface area contributed by atoms with Gasteiger partial charge in [0.2, 0.25) is 5.91 Å². The van der Waals surface area contributed by atoms with Gasteiger partial charge in [-0.05, 0) is 11.6 Å². The molecule has 1 N–H and O–H groups in total. The van der Waals surface area contributed by atoms with Gasteiger partial charge in [0.1, 0.15) is 0 Å². The van der Waals surface area contributed by atoms with Crippen LogP contribution in [0.15, 0.2) is 24.3 Å². The van der Waals surface area contributed by atoms with Crippen molar-refractivity contribution >= 4 is 5.91 Å². The number of amides is 1. The number of alkyl halides is 3. The fraction of sp³-hybridized carbons (Fsp3) is 0.462. The normalized spacial score (nSPS) is 12.3. The highest BCUT2D eigenvalue weighted by Crippen LogP contribution is 2.37. The van der Waals surface area contributed by atoms with Crippen molar-refractivity contribution in [3.63, 3.8) is 0 Å². The molecule has 100 valence electrons. The molecule has 1 aromatic rings. The van der Waals surface area contributed by atoms with Crippen molar-refractivity contribution in [2.75, 3.05) is 6.54 Å². The predicted octanol–water partition coefficient (Wildman–Crippen LogP) is 3.12. The molecule has 0 aliphatic carbocycles. The summed E-state index contributed by atoms with van der Waals surface area (Å²) in [4.78, 5) is 10.9. The lowest BCUT2D eigenvalue weighted by Gasteiger charge is -2.28. The molecule has 0 bridgehead atoms. The van der Waals surface area contributed by atoms with E-state index in [0.717, 1.165) is 6.07 Å². The number of hydrogen-bond acceptors (Lipinski definition) is 1. The van der Waals surface area contributed by atoms with E-state index in [1.54, 1.807) is 19.9 Å². The Balaban J connectivity index is 3.12. The first-order valence-electron chi connectivity index (χ1n) is 5.56. The van der Waals surface area contributed by atoms with Crippen LogP contribution in [0.5, 0.6) is 0 Å². The average Bonchev–Trinajstić information content (AvgIpc) is 2.25. The summed E-state index contributed by atoms with van der Waals surface area (Å²) in [5, 5.41) is 2.56. The van der Waals surface area contributed by atoms with Crippen LogP contribution >= 0.6 is 0 Å². The van der Waals surface area contributed by atoms with E-state index in [1.165, 1.54) is 19.1 Å². The Hall–Kier alpha value is -1.52. The fourth-order valence-electron chi connectivity index (χ4n) is 1.76. The minimum atomic E-state index is -4.38.